The smallest absolute Gasteiger partial charge is 0.0456 e. The van der Waals surface area contributed by atoms with Crippen molar-refractivity contribution in [3.8, 4) is 0 Å². The van der Waals surface area contributed by atoms with E-state index in [2.05, 4.69) is 20.8 Å². The molecule has 1 atom stereocenters. The van der Waals surface area contributed by atoms with E-state index in [9.17, 15) is 0 Å². The van der Waals surface area contributed by atoms with Crippen molar-refractivity contribution in [3.05, 3.63) is 0 Å². The van der Waals surface area contributed by atoms with E-state index in [1.54, 1.807) is 0 Å². The molecule has 0 saturated heterocycles. The first-order valence-corrected chi connectivity index (χ1v) is 4.77. The van der Waals surface area contributed by atoms with Gasteiger partial charge < -0.3 is 5.11 Å². The third-order valence-corrected chi connectivity index (χ3v) is 2.04. The van der Waals surface area contributed by atoms with Gasteiger partial charge in [-0.15, -0.1) is 0 Å². The van der Waals surface area contributed by atoms with Gasteiger partial charge in [0.25, 0.3) is 0 Å². The average Bonchev–Trinajstić information content (AvgIpc) is 1.97. The molecule has 0 saturated carbocycles. The summed E-state index contributed by atoms with van der Waals surface area (Å²) in [5, 5.41) is 8.74. The molecule has 1 N–H and O–H groups in total. The Bertz CT molecular complexity index is 78.9. The summed E-state index contributed by atoms with van der Waals surface area (Å²) in [5.74, 6) is 1.33. The monoisotopic (exact) mass is 158 g/mol. The molecule has 0 aliphatic heterocycles. The number of unbranched alkanes of at least 4 members (excludes halogenated alkanes) is 1. The summed E-state index contributed by atoms with van der Waals surface area (Å²) >= 11 is 0. The average molecular weight is 158 g/mol. The predicted octanol–water partition coefficient (Wildman–Crippen LogP) is 2.83. The Morgan fingerprint density at radius 1 is 1.00 bits per heavy atom. The summed E-state index contributed by atoms with van der Waals surface area (Å²) in [7, 11) is 0. The van der Waals surface area contributed by atoms with Crippen LogP contribution in [0.15, 0.2) is 0 Å². The van der Waals surface area contributed by atoms with Gasteiger partial charge in [0.15, 0.2) is 0 Å². The second-order valence-electron chi connectivity index (χ2n) is 3.97. The lowest BCUT2D eigenvalue weighted by Crippen LogP contribution is -2.00. The summed E-state index contributed by atoms with van der Waals surface area (Å²) in [6.07, 6.45) is 5.11. The fraction of sp³-hybridized carbons (Fsp3) is 1.00. The Morgan fingerprint density at radius 2 is 1.55 bits per heavy atom. The Balaban J connectivity index is 3.01. The number of rotatable bonds is 6. The highest BCUT2D eigenvalue weighted by atomic mass is 16.3. The molecule has 1 unspecified atom stereocenters. The second kappa shape index (κ2) is 6.66. The largest absolute Gasteiger partial charge is 0.396 e. The first-order valence-electron chi connectivity index (χ1n) is 4.77. The minimum absolute atomic E-state index is 0.349. The molecule has 0 radical (unpaired) electrons. The van der Waals surface area contributed by atoms with Crippen LogP contribution in [0.5, 0.6) is 0 Å². The fourth-order valence-electron chi connectivity index (χ4n) is 1.14. The molecule has 0 bridgehead atoms. The van der Waals surface area contributed by atoms with Gasteiger partial charge in [0.1, 0.15) is 0 Å². The van der Waals surface area contributed by atoms with Gasteiger partial charge in [-0.1, -0.05) is 40.0 Å². The lowest BCUT2D eigenvalue weighted by atomic mass is 10.0. The standard InChI is InChI=1S/C10H22O/c1-9(2)6-4-5-7-10(3)8-11/h9-11H,4-8H2,1-3H3. The maximum Gasteiger partial charge on any atom is 0.0456 e. The predicted molar refractivity (Wildman–Crippen MR) is 49.6 cm³/mol. The van der Waals surface area contributed by atoms with Crippen molar-refractivity contribution in [2.75, 3.05) is 6.61 Å². The molecule has 68 valence electrons. The van der Waals surface area contributed by atoms with E-state index in [1.165, 1.54) is 25.7 Å². The molecule has 0 heterocycles. The van der Waals surface area contributed by atoms with Crippen molar-refractivity contribution in [1.82, 2.24) is 0 Å². The van der Waals surface area contributed by atoms with Gasteiger partial charge in [-0.2, -0.15) is 0 Å². The number of hydrogen-bond donors (Lipinski definition) is 1. The van der Waals surface area contributed by atoms with Crippen LogP contribution < -0.4 is 0 Å². The minimum Gasteiger partial charge on any atom is -0.396 e. The molecule has 0 aromatic rings. The number of aliphatic hydroxyl groups is 1. The van der Waals surface area contributed by atoms with Gasteiger partial charge in [-0.3, -0.25) is 0 Å². The molecule has 0 aromatic heterocycles. The molecular weight excluding hydrogens is 136 g/mol. The Morgan fingerprint density at radius 3 is 2.00 bits per heavy atom. The molecule has 1 heteroatoms. The summed E-state index contributed by atoms with van der Waals surface area (Å²) in [6, 6.07) is 0. The van der Waals surface area contributed by atoms with E-state index in [1.807, 2.05) is 0 Å². The molecule has 0 aliphatic rings. The van der Waals surface area contributed by atoms with Crippen LogP contribution in [-0.4, -0.2) is 11.7 Å². The molecule has 11 heavy (non-hydrogen) atoms. The number of aliphatic hydroxyl groups excluding tert-OH is 1. The molecule has 0 spiro atoms. The maximum atomic E-state index is 8.74. The zero-order chi connectivity index (χ0) is 8.69. The van der Waals surface area contributed by atoms with Crippen molar-refractivity contribution < 1.29 is 5.11 Å². The third kappa shape index (κ3) is 7.86. The van der Waals surface area contributed by atoms with E-state index < -0.39 is 0 Å². The van der Waals surface area contributed by atoms with Crippen molar-refractivity contribution in [1.29, 1.82) is 0 Å². The molecule has 0 aliphatic carbocycles. The minimum atomic E-state index is 0.349. The maximum absolute atomic E-state index is 8.74. The van der Waals surface area contributed by atoms with Crippen LogP contribution in [0, 0.1) is 11.8 Å². The third-order valence-electron chi connectivity index (χ3n) is 2.04. The van der Waals surface area contributed by atoms with E-state index in [0.29, 0.717) is 12.5 Å². The van der Waals surface area contributed by atoms with Crippen molar-refractivity contribution in [2.24, 2.45) is 11.8 Å². The normalized spacial score (nSPS) is 13.9. The van der Waals surface area contributed by atoms with Gasteiger partial charge in [-0.05, 0) is 18.3 Å². The molecule has 0 rings (SSSR count). The van der Waals surface area contributed by atoms with Gasteiger partial charge >= 0.3 is 0 Å². The van der Waals surface area contributed by atoms with E-state index in [4.69, 9.17) is 5.11 Å². The van der Waals surface area contributed by atoms with Crippen LogP contribution in [0.1, 0.15) is 46.5 Å². The molecule has 0 aromatic carbocycles. The van der Waals surface area contributed by atoms with Crippen molar-refractivity contribution >= 4 is 0 Å². The molecular formula is C10H22O. The zero-order valence-electron chi connectivity index (χ0n) is 8.14. The Kier molecular flexibility index (Phi) is 6.63. The highest BCUT2D eigenvalue weighted by molar-refractivity contribution is 4.52. The van der Waals surface area contributed by atoms with Crippen molar-refractivity contribution in [2.45, 2.75) is 46.5 Å². The molecule has 1 nitrogen and oxygen atoms in total. The quantitative estimate of drug-likeness (QED) is 0.589. The highest BCUT2D eigenvalue weighted by Gasteiger charge is 1.99. The lowest BCUT2D eigenvalue weighted by molar-refractivity contribution is 0.227. The molecule has 0 amide bonds. The lowest BCUT2D eigenvalue weighted by Gasteiger charge is -2.07. The van der Waals surface area contributed by atoms with Crippen LogP contribution >= 0.6 is 0 Å². The first-order chi connectivity index (χ1) is 5.16. The fourth-order valence-corrected chi connectivity index (χ4v) is 1.14. The summed E-state index contributed by atoms with van der Waals surface area (Å²) < 4.78 is 0. The first kappa shape index (κ1) is 11.0. The molecule has 0 fully saturated rings. The summed E-state index contributed by atoms with van der Waals surface area (Å²) in [5.41, 5.74) is 0. The van der Waals surface area contributed by atoms with Crippen LogP contribution in [0.2, 0.25) is 0 Å². The summed E-state index contributed by atoms with van der Waals surface area (Å²) in [4.78, 5) is 0. The van der Waals surface area contributed by atoms with Crippen LogP contribution in [-0.2, 0) is 0 Å². The van der Waals surface area contributed by atoms with E-state index >= 15 is 0 Å². The number of hydrogen-bond acceptors (Lipinski definition) is 1. The summed E-state index contributed by atoms with van der Waals surface area (Å²) in [6.45, 7) is 6.97. The van der Waals surface area contributed by atoms with E-state index in [0.717, 1.165) is 5.92 Å². The van der Waals surface area contributed by atoms with Crippen molar-refractivity contribution in [3.63, 3.8) is 0 Å². The Labute approximate surface area is 70.8 Å². The van der Waals surface area contributed by atoms with Gasteiger partial charge in [0.05, 0.1) is 0 Å². The van der Waals surface area contributed by atoms with Crippen LogP contribution in [0.4, 0.5) is 0 Å². The van der Waals surface area contributed by atoms with Gasteiger partial charge in [0, 0.05) is 6.61 Å². The van der Waals surface area contributed by atoms with Crippen LogP contribution in [0.25, 0.3) is 0 Å². The van der Waals surface area contributed by atoms with Crippen LogP contribution in [0.3, 0.4) is 0 Å². The Hall–Kier alpha value is -0.0400. The zero-order valence-corrected chi connectivity index (χ0v) is 8.14. The second-order valence-corrected chi connectivity index (χ2v) is 3.97. The van der Waals surface area contributed by atoms with Gasteiger partial charge in [-0.25, -0.2) is 0 Å². The highest BCUT2D eigenvalue weighted by Crippen LogP contribution is 2.11. The van der Waals surface area contributed by atoms with Gasteiger partial charge in [0.2, 0.25) is 0 Å². The van der Waals surface area contributed by atoms with E-state index in [-0.39, 0.29) is 0 Å². The SMILES string of the molecule is CC(C)CCCCC(C)CO. The topological polar surface area (TPSA) is 20.2 Å².